The largest absolute Gasteiger partial charge is 0.390 e. The zero-order valence-electron chi connectivity index (χ0n) is 21.8. The van der Waals surface area contributed by atoms with E-state index in [9.17, 15) is 28.3 Å². The highest BCUT2D eigenvalue weighted by atomic mass is 19.1. The second-order valence-electron chi connectivity index (χ2n) is 9.67. The molecule has 3 N–H and O–H groups in total. The zero-order valence-corrected chi connectivity index (χ0v) is 21.8. The Hall–Kier alpha value is -3.95. The molecule has 0 bridgehead atoms. The third-order valence-corrected chi connectivity index (χ3v) is 6.84. The van der Waals surface area contributed by atoms with Crippen molar-refractivity contribution in [3.05, 3.63) is 106 Å². The van der Waals surface area contributed by atoms with Crippen LogP contribution >= 0.6 is 0 Å². The molecule has 1 aliphatic heterocycles. The number of carbonyl (C=O) groups is 3. The second-order valence-corrected chi connectivity index (χ2v) is 9.67. The van der Waals surface area contributed by atoms with Crippen LogP contribution in [0.4, 0.5) is 8.78 Å². The van der Waals surface area contributed by atoms with E-state index in [2.05, 4.69) is 23.6 Å². The van der Waals surface area contributed by atoms with Crippen LogP contribution < -0.4 is 10.6 Å². The summed E-state index contributed by atoms with van der Waals surface area (Å²) < 4.78 is 27.7. The molecule has 4 rings (SSSR count). The number of nitrogens with one attached hydrogen (secondary N) is 2. The molecule has 3 atom stereocenters. The normalized spacial score (nSPS) is 15.2. The molecule has 1 unspecified atom stereocenters. The van der Waals surface area contributed by atoms with Crippen LogP contribution in [0.3, 0.4) is 0 Å². The first-order valence-electron chi connectivity index (χ1n) is 12.9. The Bertz CT molecular complexity index is 1320. The molecule has 3 aromatic rings. The molecular weight excluding hydrogens is 504 g/mol. The van der Waals surface area contributed by atoms with Gasteiger partial charge in [0.15, 0.2) is 0 Å². The van der Waals surface area contributed by atoms with Crippen LogP contribution in [-0.4, -0.2) is 52.5 Å². The fraction of sp³-hybridized carbons (Fsp3) is 0.300. The molecule has 0 radical (unpaired) electrons. The average Bonchev–Trinajstić information content (AvgIpc) is 3.17. The number of amides is 3. The number of carbonyl (C=O) groups excluding carboxylic acids is 3. The fourth-order valence-corrected chi connectivity index (χ4v) is 4.71. The minimum absolute atomic E-state index is 0.0699. The molecule has 1 heterocycles. The highest BCUT2D eigenvalue weighted by Gasteiger charge is 2.41. The van der Waals surface area contributed by atoms with E-state index >= 15 is 0 Å². The molecule has 3 amide bonds. The summed E-state index contributed by atoms with van der Waals surface area (Å²) in [5, 5.41) is 16.9. The number of hydrogen-bond donors (Lipinski definition) is 3. The van der Waals surface area contributed by atoms with Crippen molar-refractivity contribution >= 4 is 17.7 Å². The van der Waals surface area contributed by atoms with Crippen molar-refractivity contribution in [1.82, 2.24) is 15.5 Å². The van der Waals surface area contributed by atoms with Crippen molar-refractivity contribution in [2.75, 3.05) is 6.54 Å². The molecule has 0 fully saturated rings. The first-order chi connectivity index (χ1) is 18.7. The molecule has 1 aliphatic rings. The average molecular weight is 536 g/mol. The number of benzene rings is 3. The summed E-state index contributed by atoms with van der Waals surface area (Å²) in [5.74, 6) is -3.41. The monoisotopic (exact) mass is 535 g/mol. The van der Waals surface area contributed by atoms with E-state index in [1.54, 1.807) is 12.1 Å². The summed E-state index contributed by atoms with van der Waals surface area (Å²) in [6, 6.07) is 15.2. The van der Waals surface area contributed by atoms with E-state index in [0.717, 1.165) is 35.1 Å². The molecule has 0 spiro atoms. The second kappa shape index (κ2) is 12.3. The number of rotatable bonds is 11. The van der Waals surface area contributed by atoms with E-state index in [0.29, 0.717) is 6.54 Å². The van der Waals surface area contributed by atoms with Crippen LogP contribution in [0.1, 0.15) is 51.3 Å². The predicted molar refractivity (Wildman–Crippen MR) is 142 cm³/mol. The van der Waals surface area contributed by atoms with Gasteiger partial charge in [0, 0.05) is 19.2 Å². The van der Waals surface area contributed by atoms with Gasteiger partial charge in [-0.25, -0.2) is 8.78 Å². The number of aliphatic hydroxyl groups excluding tert-OH is 1. The van der Waals surface area contributed by atoms with Gasteiger partial charge in [-0.05, 0) is 60.7 Å². The predicted octanol–water partition coefficient (Wildman–Crippen LogP) is 3.39. The summed E-state index contributed by atoms with van der Waals surface area (Å²) in [5.41, 5.74) is 2.86. The molecule has 0 saturated heterocycles. The quantitative estimate of drug-likeness (QED) is 0.327. The van der Waals surface area contributed by atoms with Gasteiger partial charge in [-0.15, -0.1) is 0 Å². The minimum Gasteiger partial charge on any atom is -0.390 e. The van der Waals surface area contributed by atoms with Crippen LogP contribution in [0.25, 0.3) is 0 Å². The SMILES string of the molecule is CCc1cccc(CNC[C@@H](O)[C@H](Cc2cc(F)cc(F)c2)NC(=O)C(C)N2C(=O)c3ccccc3C2=O)c1. The number of imide groups is 1. The molecule has 0 saturated carbocycles. The summed E-state index contributed by atoms with van der Waals surface area (Å²) >= 11 is 0. The first-order valence-corrected chi connectivity index (χ1v) is 12.9. The molecule has 0 aliphatic carbocycles. The Morgan fingerprint density at radius 1 is 0.897 bits per heavy atom. The Labute approximate surface area is 225 Å². The molecule has 3 aromatic carbocycles. The van der Waals surface area contributed by atoms with Gasteiger partial charge in [-0.2, -0.15) is 0 Å². The lowest BCUT2D eigenvalue weighted by Crippen LogP contribution is -2.55. The fourth-order valence-electron chi connectivity index (χ4n) is 4.71. The van der Waals surface area contributed by atoms with E-state index in [-0.39, 0.29) is 29.7 Å². The van der Waals surface area contributed by atoms with Crippen LogP contribution in [0.15, 0.2) is 66.7 Å². The Kier molecular flexibility index (Phi) is 8.83. The first kappa shape index (κ1) is 28.1. The van der Waals surface area contributed by atoms with Gasteiger partial charge >= 0.3 is 0 Å². The van der Waals surface area contributed by atoms with Crippen LogP contribution in [0, 0.1) is 11.6 Å². The van der Waals surface area contributed by atoms with E-state index in [1.807, 2.05) is 18.2 Å². The van der Waals surface area contributed by atoms with Gasteiger partial charge in [0.25, 0.3) is 11.8 Å². The number of aliphatic hydroxyl groups is 1. The summed E-state index contributed by atoms with van der Waals surface area (Å²) in [7, 11) is 0. The molecule has 9 heteroatoms. The number of nitrogens with zero attached hydrogens (tertiary/aromatic N) is 1. The highest BCUT2D eigenvalue weighted by Crippen LogP contribution is 2.24. The summed E-state index contributed by atoms with van der Waals surface area (Å²) in [6.45, 7) is 4.01. The van der Waals surface area contributed by atoms with Crippen molar-refractivity contribution in [3.8, 4) is 0 Å². The van der Waals surface area contributed by atoms with Gasteiger partial charge in [0.1, 0.15) is 17.7 Å². The highest BCUT2D eigenvalue weighted by molar-refractivity contribution is 6.22. The van der Waals surface area contributed by atoms with Crippen LogP contribution in [-0.2, 0) is 24.2 Å². The number of aryl methyl sites for hydroxylation is 1. The molecule has 7 nitrogen and oxygen atoms in total. The van der Waals surface area contributed by atoms with Crippen molar-refractivity contribution in [2.45, 2.75) is 51.4 Å². The maximum Gasteiger partial charge on any atom is 0.262 e. The van der Waals surface area contributed by atoms with Crippen LogP contribution in [0.2, 0.25) is 0 Å². The Balaban J connectivity index is 1.47. The molecule has 204 valence electrons. The zero-order chi connectivity index (χ0) is 28.1. The Morgan fingerprint density at radius 2 is 1.51 bits per heavy atom. The lowest BCUT2D eigenvalue weighted by Gasteiger charge is -2.28. The lowest BCUT2D eigenvalue weighted by atomic mass is 10.00. The van der Waals surface area contributed by atoms with Crippen molar-refractivity contribution in [3.63, 3.8) is 0 Å². The van der Waals surface area contributed by atoms with Crippen molar-refractivity contribution < 1.29 is 28.3 Å². The molecular formula is C30H31F2N3O4. The van der Waals surface area contributed by atoms with E-state index < -0.39 is 47.5 Å². The van der Waals surface area contributed by atoms with Gasteiger partial charge in [-0.1, -0.05) is 43.3 Å². The smallest absolute Gasteiger partial charge is 0.262 e. The topological polar surface area (TPSA) is 98.7 Å². The van der Waals surface area contributed by atoms with E-state index in [4.69, 9.17) is 0 Å². The maximum atomic E-state index is 13.9. The molecule has 0 aromatic heterocycles. The van der Waals surface area contributed by atoms with Crippen molar-refractivity contribution in [2.24, 2.45) is 0 Å². The third-order valence-electron chi connectivity index (χ3n) is 6.84. The third kappa shape index (κ3) is 6.55. The Morgan fingerprint density at radius 3 is 2.13 bits per heavy atom. The van der Waals surface area contributed by atoms with Crippen molar-refractivity contribution in [1.29, 1.82) is 0 Å². The summed E-state index contributed by atoms with van der Waals surface area (Å²) in [6.07, 6.45) is -0.340. The summed E-state index contributed by atoms with van der Waals surface area (Å²) in [4.78, 5) is 39.8. The number of hydrogen-bond acceptors (Lipinski definition) is 5. The van der Waals surface area contributed by atoms with Gasteiger partial charge in [0.05, 0.1) is 23.3 Å². The van der Waals surface area contributed by atoms with Crippen LogP contribution in [0.5, 0.6) is 0 Å². The van der Waals surface area contributed by atoms with Gasteiger partial charge in [-0.3, -0.25) is 19.3 Å². The minimum atomic E-state index is -1.18. The molecule has 39 heavy (non-hydrogen) atoms. The lowest BCUT2D eigenvalue weighted by molar-refractivity contribution is -0.126. The van der Waals surface area contributed by atoms with Gasteiger partial charge < -0.3 is 15.7 Å². The van der Waals surface area contributed by atoms with Gasteiger partial charge in [0.2, 0.25) is 5.91 Å². The standard InChI is InChI=1S/C30H31F2N3O4/c1-3-19-7-6-8-20(11-19)16-33-17-27(36)26(14-21-12-22(31)15-23(32)13-21)34-28(37)18(2)35-29(38)24-9-4-5-10-25(24)30(35)39/h4-13,15,18,26-27,33,36H,3,14,16-17H2,1-2H3,(H,34,37)/t18?,26-,27+/m0/s1. The number of fused-ring (bicyclic) bond motifs is 1. The number of halogens is 2. The maximum absolute atomic E-state index is 13.9. The van der Waals surface area contributed by atoms with E-state index in [1.165, 1.54) is 24.6 Å².